The van der Waals surface area contributed by atoms with Gasteiger partial charge in [0.2, 0.25) is 0 Å². The van der Waals surface area contributed by atoms with Gasteiger partial charge in [-0.25, -0.2) is 0 Å². The van der Waals surface area contributed by atoms with Gasteiger partial charge in [-0.1, -0.05) is 46.6 Å². The summed E-state index contributed by atoms with van der Waals surface area (Å²) in [5.74, 6) is 3.30. The highest BCUT2D eigenvalue weighted by Gasteiger charge is 2.63. The third kappa shape index (κ3) is 7.26. The van der Waals surface area contributed by atoms with Gasteiger partial charge < -0.3 is 19.6 Å². The molecular formula is C44H72N2O5. The third-order valence-electron chi connectivity index (χ3n) is 16.0. The average Bonchev–Trinajstić information content (AvgIpc) is 3.33. The van der Waals surface area contributed by atoms with Gasteiger partial charge in [0, 0.05) is 36.9 Å². The van der Waals surface area contributed by atoms with Gasteiger partial charge in [-0.15, -0.1) is 0 Å². The van der Waals surface area contributed by atoms with E-state index in [9.17, 15) is 19.5 Å². The van der Waals surface area contributed by atoms with Gasteiger partial charge in [-0.2, -0.15) is 0 Å². The number of aliphatic carboxylic acids is 1. The SMILES string of the molecule is CC(C)C1=C2C3CCC4C(CCC5C(C)(C)C(OC(=O)CC(C)(C)C(=O)O)CCC45C)C3CCC2(CCN(CCN(C)C)CC2CCC2)CC1=O. The van der Waals surface area contributed by atoms with Crippen LogP contribution in [0, 0.1) is 63.1 Å². The Morgan fingerprint density at radius 3 is 2.27 bits per heavy atom. The van der Waals surface area contributed by atoms with Crippen LogP contribution in [-0.2, 0) is 19.1 Å². The summed E-state index contributed by atoms with van der Waals surface area (Å²) >= 11 is 0. The van der Waals surface area contributed by atoms with Crippen molar-refractivity contribution < 1.29 is 24.2 Å². The maximum Gasteiger partial charge on any atom is 0.309 e. The van der Waals surface area contributed by atoms with Crippen molar-refractivity contribution in [3.63, 3.8) is 0 Å². The molecule has 0 heterocycles. The molecule has 0 radical (unpaired) electrons. The van der Waals surface area contributed by atoms with Gasteiger partial charge in [-0.05, 0) is 158 Å². The topological polar surface area (TPSA) is 87.2 Å². The molecule has 0 aromatic carbocycles. The van der Waals surface area contributed by atoms with Crippen LogP contribution in [0.4, 0.5) is 0 Å². The molecule has 5 fully saturated rings. The summed E-state index contributed by atoms with van der Waals surface area (Å²) in [6.07, 6.45) is 14.9. The zero-order valence-corrected chi connectivity index (χ0v) is 33.8. The molecule has 51 heavy (non-hydrogen) atoms. The molecule has 0 bridgehead atoms. The second kappa shape index (κ2) is 14.5. The molecule has 0 spiro atoms. The summed E-state index contributed by atoms with van der Waals surface area (Å²) in [4.78, 5) is 43.8. The quantitative estimate of drug-likeness (QED) is 0.192. The average molecular weight is 709 g/mol. The first-order chi connectivity index (χ1) is 23.9. The van der Waals surface area contributed by atoms with E-state index in [1.54, 1.807) is 19.4 Å². The van der Waals surface area contributed by atoms with Crippen molar-refractivity contribution >= 4 is 17.7 Å². The maximum atomic E-state index is 14.0. The van der Waals surface area contributed by atoms with Crippen LogP contribution in [0.1, 0.15) is 138 Å². The number of allylic oxidation sites excluding steroid dienone is 2. The first-order valence-electron chi connectivity index (χ1n) is 21.0. The molecule has 7 heteroatoms. The van der Waals surface area contributed by atoms with Crippen molar-refractivity contribution in [2.45, 2.75) is 144 Å². The summed E-state index contributed by atoms with van der Waals surface area (Å²) in [6, 6.07) is 0. The molecule has 0 aliphatic heterocycles. The molecule has 7 nitrogen and oxygen atoms in total. The van der Waals surface area contributed by atoms with Crippen molar-refractivity contribution in [3.8, 4) is 0 Å². The van der Waals surface area contributed by atoms with Gasteiger partial charge in [0.25, 0.3) is 0 Å². The van der Waals surface area contributed by atoms with Crippen molar-refractivity contribution in [1.82, 2.24) is 9.80 Å². The number of carboxylic acid groups (broad SMARTS) is 1. The third-order valence-corrected chi connectivity index (χ3v) is 16.0. The van der Waals surface area contributed by atoms with E-state index in [2.05, 4.69) is 58.5 Å². The minimum absolute atomic E-state index is 0.0565. The number of carboxylic acids is 1. The number of hydrogen-bond donors (Lipinski definition) is 1. The Balaban J connectivity index is 1.19. The van der Waals surface area contributed by atoms with Crippen LogP contribution in [-0.4, -0.2) is 79.0 Å². The van der Waals surface area contributed by atoms with E-state index in [0.717, 1.165) is 57.7 Å². The lowest BCUT2D eigenvalue weighted by Gasteiger charge is -2.65. The zero-order valence-electron chi connectivity index (χ0n) is 33.8. The first-order valence-corrected chi connectivity index (χ1v) is 21.0. The van der Waals surface area contributed by atoms with E-state index in [4.69, 9.17) is 4.74 Å². The summed E-state index contributed by atoms with van der Waals surface area (Å²) < 4.78 is 6.16. The molecule has 288 valence electrons. The number of carbonyl (C=O) groups is 3. The van der Waals surface area contributed by atoms with Crippen LogP contribution < -0.4 is 0 Å². The smallest absolute Gasteiger partial charge is 0.309 e. The first kappa shape index (κ1) is 39.0. The molecule has 0 amide bonds. The zero-order chi connectivity index (χ0) is 37.1. The summed E-state index contributed by atoms with van der Waals surface area (Å²) in [5.41, 5.74) is 1.81. The van der Waals surface area contributed by atoms with E-state index in [-0.39, 0.29) is 34.7 Å². The predicted octanol–water partition coefficient (Wildman–Crippen LogP) is 8.65. The molecule has 8 atom stereocenters. The fourth-order valence-corrected chi connectivity index (χ4v) is 13.0. The van der Waals surface area contributed by atoms with Gasteiger partial charge >= 0.3 is 11.9 Å². The Morgan fingerprint density at radius 1 is 0.922 bits per heavy atom. The summed E-state index contributed by atoms with van der Waals surface area (Å²) in [7, 11) is 4.37. The van der Waals surface area contributed by atoms with Gasteiger partial charge in [-0.3, -0.25) is 14.4 Å². The van der Waals surface area contributed by atoms with Gasteiger partial charge in [0.1, 0.15) is 6.10 Å². The van der Waals surface area contributed by atoms with E-state index in [1.165, 1.54) is 63.5 Å². The number of nitrogens with zero attached hydrogens (tertiary/aromatic N) is 2. The number of ketones is 1. The standard InChI is InChI=1S/C44H72N2O5/c1-28(2)38-34(47)25-44(21-22-46(24-23-45(8)9)27-29-11-10-12-29)20-17-30-31-14-16-35-42(5,6)36(51-37(48)26-41(3,4)40(49)50)18-19-43(35,7)33(31)15-13-32(30)39(38)44/h28-33,35-36H,10-27H2,1-9H3,(H,49,50). The number of ether oxygens (including phenoxy) is 1. The predicted molar refractivity (Wildman–Crippen MR) is 203 cm³/mol. The highest BCUT2D eigenvalue weighted by atomic mass is 16.5. The normalized spacial score (nSPS) is 36.4. The summed E-state index contributed by atoms with van der Waals surface area (Å²) in [5, 5.41) is 9.59. The fraction of sp³-hybridized carbons (Fsp3) is 0.886. The highest BCUT2D eigenvalue weighted by molar-refractivity contribution is 6.00. The van der Waals surface area contributed by atoms with Crippen LogP contribution in [0.25, 0.3) is 0 Å². The second-order valence-electron chi connectivity index (χ2n) is 20.5. The lowest BCUT2D eigenvalue weighted by atomic mass is 9.40. The minimum Gasteiger partial charge on any atom is -0.481 e. The molecule has 0 aromatic heterocycles. The number of esters is 1. The van der Waals surface area contributed by atoms with Crippen LogP contribution in [0.2, 0.25) is 0 Å². The van der Waals surface area contributed by atoms with Crippen LogP contribution in [0.5, 0.6) is 0 Å². The Labute approximate surface area is 310 Å². The monoisotopic (exact) mass is 709 g/mol. The molecule has 6 aliphatic rings. The lowest BCUT2D eigenvalue weighted by Crippen LogP contribution is -2.59. The number of fused-ring (bicyclic) bond motifs is 7. The van der Waals surface area contributed by atoms with E-state index in [1.807, 2.05) is 0 Å². The largest absolute Gasteiger partial charge is 0.481 e. The van der Waals surface area contributed by atoms with E-state index >= 15 is 0 Å². The van der Waals surface area contributed by atoms with Crippen molar-refractivity contribution in [1.29, 1.82) is 0 Å². The number of hydrogen-bond acceptors (Lipinski definition) is 6. The Morgan fingerprint density at radius 2 is 1.65 bits per heavy atom. The lowest BCUT2D eigenvalue weighted by molar-refractivity contribution is -0.195. The van der Waals surface area contributed by atoms with Gasteiger partial charge in [0.05, 0.1) is 11.8 Å². The van der Waals surface area contributed by atoms with Crippen LogP contribution >= 0.6 is 0 Å². The number of likely N-dealkylation sites (N-methyl/N-ethyl adjacent to an activating group) is 1. The van der Waals surface area contributed by atoms with Crippen LogP contribution in [0.15, 0.2) is 11.1 Å². The fourth-order valence-electron chi connectivity index (χ4n) is 13.0. The maximum absolute atomic E-state index is 14.0. The number of Topliss-reactive ketones (excluding diaryl/α,β-unsaturated/α-hetero) is 1. The number of rotatable bonds is 13. The molecule has 0 saturated heterocycles. The molecule has 5 saturated carbocycles. The molecule has 0 aromatic rings. The Bertz CT molecular complexity index is 1360. The minimum atomic E-state index is -1.13. The molecular weight excluding hydrogens is 636 g/mol. The summed E-state index contributed by atoms with van der Waals surface area (Å²) in [6.45, 7) is 19.5. The second-order valence-corrected chi connectivity index (χ2v) is 20.5. The van der Waals surface area contributed by atoms with E-state index < -0.39 is 11.4 Å². The molecule has 8 unspecified atom stereocenters. The van der Waals surface area contributed by atoms with Crippen LogP contribution in [0.3, 0.4) is 0 Å². The van der Waals surface area contributed by atoms with Gasteiger partial charge in [0.15, 0.2) is 5.78 Å². The van der Waals surface area contributed by atoms with Crippen molar-refractivity contribution in [3.05, 3.63) is 11.1 Å². The van der Waals surface area contributed by atoms with E-state index in [0.29, 0.717) is 41.3 Å². The highest BCUT2D eigenvalue weighted by Crippen LogP contribution is 2.69. The number of carbonyl (C=O) groups excluding carboxylic acids is 2. The molecule has 1 N–H and O–H groups in total. The molecule has 6 aliphatic carbocycles. The van der Waals surface area contributed by atoms with Crippen molar-refractivity contribution in [2.75, 3.05) is 40.3 Å². The van der Waals surface area contributed by atoms with Crippen molar-refractivity contribution in [2.24, 2.45) is 63.1 Å². The molecule has 6 rings (SSSR count). The Hall–Kier alpha value is -1.73. The Kier molecular flexibility index (Phi) is 11.1.